The summed E-state index contributed by atoms with van der Waals surface area (Å²) in [6.45, 7) is 14.1. The minimum Gasteiger partial charge on any atom is -0.520 e. The Bertz CT molecular complexity index is 294. The van der Waals surface area contributed by atoms with Crippen molar-refractivity contribution in [3.63, 3.8) is 0 Å². The van der Waals surface area contributed by atoms with E-state index in [1.54, 1.807) is 0 Å². The van der Waals surface area contributed by atoms with Crippen molar-refractivity contribution >= 4 is 32.1 Å². The molecule has 0 unspecified atom stereocenters. The molecule has 0 amide bonds. The summed E-state index contributed by atoms with van der Waals surface area (Å²) in [4.78, 5) is 11.2. The van der Waals surface area contributed by atoms with Gasteiger partial charge in [0.2, 0.25) is 16.6 Å². The molecule has 0 rings (SSSR count). The Hall–Kier alpha value is -0.539. The van der Waals surface area contributed by atoms with Crippen LogP contribution in [0.2, 0.25) is 45.8 Å². The van der Waals surface area contributed by atoms with Gasteiger partial charge in [-0.2, -0.15) is 0 Å². The smallest absolute Gasteiger partial charge is 0.333 e. The van der Waals surface area contributed by atoms with Gasteiger partial charge in [0.25, 0.3) is 5.95 Å². The molecule has 0 radical (unpaired) electrons. The highest BCUT2D eigenvalue weighted by Crippen LogP contribution is 2.20. The minimum absolute atomic E-state index is 0.296. The van der Waals surface area contributed by atoms with Gasteiger partial charge in [-0.25, -0.2) is 4.79 Å². The van der Waals surface area contributed by atoms with E-state index in [-0.39, 0.29) is 0 Å². The van der Waals surface area contributed by atoms with Crippen LogP contribution in [0.5, 0.6) is 0 Å². The van der Waals surface area contributed by atoms with E-state index >= 15 is 0 Å². The molecular weight excluding hydrogens is 268 g/mol. The summed E-state index contributed by atoms with van der Waals surface area (Å²) >= 11 is 0. The second kappa shape index (κ2) is 5.87. The van der Waals surface area contributed by atoms with Crippen molar-refractivity contribution in [1.29, 1.82) is 0 Å². The van der Waals surface area contributed by atoms with Gasteiger partial charge in [-0.3, -0.25) is 0 Å². The summed E-state index contributed by atoms with van der Waals surface area (Å²) in [5, 5.41) is 9.56. The lowest BCUT2D eigenvalue weighted by Crippen LogP contribution is -2.33. The van der Waals surface area contributed by atoms with Crippen LogP contribution < -0.4 is 0 Å². The van der Waals surface area contributed by atoms with Gasteiger partial charge in [-0.1, -0.05) is 6.55 Å². The highest BCUT2D eigenvalue weighted by molar-refractivity contribution is 6.71. The van der Waals surface area contributed by atoms with Crippen LogP contribution in [0.25, 0.3) is 0 Å². The first-order valence-electron chi connectivity index (χ1n) is 5.80. The molecule has 0 spiro atoms. The maximum absolute atomic E-state index is 11.2. The lowest BCUT2D eigenvalue weighted by molar-refractivity contribution is -0.132. The summed E-state index contributed by atoms with van der Waals surface area (Å²) in [7, 11) is -4.52. The van der Waals surface area contributed by atoms with Crippen LogP contribution in [0.15, 0.2) is 11.1 Å². The second-order valence-electron chi connectivity index (χ2n) is 5.85. The molecule has 0 aliphatic carbocycles. The Morgan fingerprint density at radius 1 is 1.00 bits per heavy atom. The summed E-state index contributed by atoms with van der Waals surface area (Å²) < 4.78 is 11.6. The lowest BCUT2D eigenvalue weighted by Gasteiger charge is -2.28. The SMILES string of the molecule is C[SiH2]C(C(=O)O)=C(O[Si](C)(C)C)O[Si](C)(C)C. The fourth-order valence-corrected chi connectivity index (χ4v) is 3.63. The molecule has 0 saturated carbocycles. The third-order valence-corrected chi connectivity index (χ3v) is 4.55. The van der Waals surface area contributed by atoms with Crippen LogP contribution in [-0.2, 0) is 13.6 Å². The van der Waals surface area contributed by atoms with E-state index in [0.29, 0.717) is 11.1 Å². The average molecular weight is 293 g/mol. The Morgan fingerprint density at radius 2 is 1.35 bits per heavy atom. The van der Waals surface area contributed by atoms with Crippen LogP contribution in [0.3, 0.4) is 0 Å². The zero-order valence-corrected chi connectivity index (χ0v) is 15.3. The van der Waals surface area contributed by atoms with Gasteiger partial charge in [0, 0.05) is 0 Å². The Balaban J connectivity index is 5.29. The summed E-state index contributed by atoms with van der Waals surface area (Å²) in [6.07, 6.45) is 0. The molecule has 0 aliphatic rings. The Kier molecular flexibility index (Phi) is 5.69. The molecule has 0 aromatic rings. The van der Waals surface area contributed by atoms with Crippen LogP contribution in [-0.4, -0.2) is 37.2 Å². The van der Waals surface area contributed by atoms with E-state index in [2.05, 4.69) is 0 Å². The van der Waals surface area contributed by atoms with E-state index in [1.165, 1.54) is 0 Å². The van der Waals surface area contributed by atoms with Crippen molar-refractivity contribution in [1.82, 2.24) is 0 Å². The largest absolute Gasteiger partial charge is 0.520 e. The molecular formula is C10H24O4Si3. The number of carbonyl (C=O) groups is 1. The first kappa shape index (κ1) is 16.5. The van der Waals surface area contributed by atoms with Crippen LogP contribution in [0.1, 0.15) is 0 Å². The summed E-state index contributed by atoms with van der Waals surface area (Å²) in [5.74, 6) is -0.601. The Labute approximate surface area is 108 Å². The molecule has 0 atom stereocenters. The molecule has 0 fully saturated rings. The van der Waals surface area contributed by atoms with E-state index in [0.717, 1.165) is 0 Å². The molecule has 0 bridgehead atoms. The zero-order chi connectivity index (χ0) is 13.9. The Morgan fingerprint density at radius 3 is 1.53 bits per heavy atom. The van der Waals surface area contributed by atoms with Crippen molar-refractivity contribution in [2.24, 2.45) is 0 Å². The van der Waals surface area contributed by atoms with Crippen LogP contribution in [0.4, 0.5) is 0 Å². The van der Waals surface area contributed by atoms with Gasteiger partial charge < -0.3 is 14.0 Å². The normalized spacial score (nSPS) is 12.6. The first-order valence-corrected chi connectivity index (χ1v) is 14.7. The van der Waals surface area contributed by atoms with Gasteiger partial charge in [0.1, 0.15) is 0 Å². The van der Waals surface area contributed by atoms with Crippen molar-refractivity contribution in [2.75, 3.05) is 0 Å². The van der Waals surface area contributed by atoms with Crippen molar-refractivity contribution in [3.8, 4) is 0 Å². The fourth-order valence-electron chi connectivity index (χ4n) is 1.08. The third-order valence-electron chi connectivity index (χ3n) is 1.66. The summed E-state index contributed by atoms with van der Waals surface area (Å²) in [6, 6.07) is 0. The molecule has 17 heavy (non-hydrogen) atoms. The molecule has 0 aromatic heterocycles. The molecule has 4 nitrogen and oxygen atoms in total. The highest BCUT2D eigenvalue weighted by Gasteiger charge is 2.28. The maximum atomic E-state index is 11.2. The lowest BCUT2D eigenvalue weighted by atomic mass is 10.6. The molecule has 0 aromatic carbocycles. The molecule has 1 N–H and O–H groups in total. The predicted octanol–water partition coefficient (Wildman–Crippen LogP) is 2.16. The molecule has 100 valence electrons. The predicted molar refractivity (Wildman–Crippen MR) is 77.9 cm³/mol. The van der Waals surface area contributed by atoms with E-state index in [4.69, 9.17) is 8.85 Å². The van der Waals surface area contributed by atoms with Crippen LogP contribution >= 0.6 is 0 Å². The van der Waals surface area contributed by atoms with Crippen LogP contribution in [0, 0.1) is 0 Å². The monoisotopic (exact) mass is 292 g/mol. The zero-order valence-electron chi connectivity index (χ0n) is 11.9. The topological polar surface area (TPSA) is 55.8 Å². The van der Waals surface area contributed by atoms with E-state index < -0.39 is 32.1 Å². The standard InChI is InChI=1S/C10H24O4Si3/c1-15-8(9(11)12)10(13-16(2,3)4)14-17(5,6)7/h15H2,1-7H3,(H,11,12). The van der Waals surface area contributed by atoms with Gasteiger partial charge in [-0.15, -0.1) is 0 Å². The first-order chi connectivity index (χ1) is 7.46. The van der Waals surface area contributed by atoms with Gasteiger partial charge >= 0.3 is 5.97 Å². The number of aliphatic carboxylic acids is 1. The third kappa shape index (κ3) is 7.40. The molecule has 0 saturated heterocycles. The molecule has 7 heteroatoms. The van der Waals surface area contributed by atoms with Crippen molar-refractivity contribution < 1.29 is 18.8 Å². The van der Waals surface area contributed by atoms with Gasteiger partial charge in [0.05, 0.1) is 14.7 Å². The minimum atomic E-state index is -1.85. The maximum Gasteiger partial charge on any atom is 0.333 e. The van der Waals surface area contributed by atoms with Gasteiger partial charge in [0.15, 0.2) is 0 Å². The fraction of sp³-hybridized carbons (Fsp3) is 0.700. The van der Waals surface area contributed by atoms with Crippen molar-refractivity contribution in [2.45, 2.75) is 45.8 Å². The van der Waals surface area contributed by atoms with E-state index in [1.807, 2.05) is 45.8 Å². The second-order valence-corrected chi connectivity index (χ2v) is 16.1. The number of carboxylic acid groups (broad SMARTS) is 1. The van der Waals surface area contributed by atoms with Crippen molar-refractivity contribution in [3.05, 3.63) is 11.1 Å². The molecule has 0 aliphatic heterocycles. The number of hydrogen-bond donors (Lipinski definition) is 1. The number of carboxylic acids is 1. The molecule has 0 heterocycles. The summed E-state index contributed by atoms with van der Waals surface area (Å²) in [5.41, 5.74) is 0. The number of rotatable bonds is 6. The average Bonchev–Trinajstić information content (AvgIpc) is 1.96. The quantitative estimate of drug-likeness (QED) is 0.463. The van der Waals surface area contributed by atoms with E-state index in [9.17, 15) is 9.90 Å². The highest BCUT2D eigenvalue weighted by atomic mass is 28.4. The number of hydrogen-bond acceptors (Lipinski definition) is 3. The van der Waals surface area contributed by atoms with Gasteiger partial charge in [-0.05, 0) is 39.3 Å².